The highest BCUT2D eigenvalue weighted by atomic mass is 127. The van der Waals surface area contributed by atoms with E-state index in [4.69, 9.17) is 16.1 Å². The Morgan fingerprint density at radius 2 is 2.21 bits per heavy atom. The quantitative estimate of drug-likeness (QED) is 0.757. The Balaban J connectivity index is 2.52. The van der Waals surface area contributed by atoms with Crippen molar-refractivity contribution in [3.05, 3.63) is 32.6 Å². The first-order valence-electron chi connectivity index (χ1n) is 3.92. The van der Waals surface area contributed by atoms with E-state index in [-0.39, 0.29) is 0 Å². The summed E-state index contributed by atoms with van der Waals surface area (Å²) in [6.07, 6.45) is 0. The Labute approximate surface area is 99.6 Å². The highest BCUT2D eigenvalue weighted by Crippen LogP contribution is 2.24. The summed E-state index contributed by atoms with van der Waals surface area (Å²) in [5.74, 6) is 0.531. The van der Waals surface area contributed by atoms with Gasteiger partial charge in [0.15, 0.2) is 0 Å². The van der Waals surface area contributed by atoms with Crippen molar-refractivity contribution in [1.82, 2.24) is 10.1 Å². The number of hydrogen-bond donors (Lipinski definition) is 0. The van der Waals surface area contributed by atoms with Crippen LogP contribution >= 0.6 is 34.2 Å². The molecule has 0 N–H and O–H groups in total. The molecule has 14 heavy (non-hydrogen) atoms. The van der Waals surface area contributed by atoms with Crippen LogP contribution in [0, 0.1) is 10.8 Å². The molecule has 0 amide bonds. The molecule has 0 saturated heterocycles. The van der Waals surface area contributed by atoms with Gasteiger partial charge in [0.05, 0.1) is 0 Å². The van der Waals surface area contributed by atoms with E-state index in [9.17, 15) is 0 Å². The Hall–Kier alpha value is -0.620. The zero-order chi connectivity index (χ0) is 10.1. The predicted octanol–water partition coefficient (Wildman–Crippen LogP) is 3.30. The lowest BCUT2D eigenvalue weighted by Crippen LogP contribution is -1.83. The predicted molar refractivity (Wildman–Crippen MR) is 62.2 cm³/mol. The summed E-state index contributed by atoms with van der Waals surface area (Å²) in [7, 11) is 0. The maximum atomic E-state index is 5.84. The summed E-state index contributed by atoms with van der Waals surface area (Å²) in [4.78, 5) is 4.14. The van der Waals surface area contributed by atoms with Gasteiger partial charge in [-0.25, -0.2) is 0 Å². The lowest BCUT2D eigenvalue weighted by molar-refractivity contribution is 0.425. The Bertz CT molecular complexity index is 470. The Morgan fingerprint density at radius 1 is 1.43 bits per heavy atom. The van der Waals surface area contributed by atoms with E-state index in [2.05, 4.69) is 10.1 Å². The van der Waals surface area contributed by atoms with Crippen LogP contribution < -0.4 is 0 Å². The van der Waals surface area contributed by atoms with Crippen molar-refractivity contribution in [1.29, 1.82) is 0 Å². The van der Waals surface area contributed by atoms with Crippen molar-refractivity contribution in [3.8, 4) is 11.5 Å². The minimum atomic E-state index is 0.531. The highest BCUT2D eigenvalue weighted by molar-refractivity contribution is 14.1. The maximum Gasteiger partial charge on any atom is 0.258 e. The van der Waals surface area contributed by atoms with Gasteiger partial charge in [0.25, 0.3) is 5.89 Å². The second kappa shape index (κ2) is 3.86. The van der Waals surface area contributed by atoms with Gasteiger partial charge in [0, 0.05) is 33.2 Å². The van der Waals surface area contributed by atoms with E-state index in [1.165, 1.54) is 0 Å². The monoisotopic (exact) mass is 320 g/mol. The molecule has 0 unspecified atom stereocenters. The van der Waals surface area contributed by atoms with Crippen LogP contribution in [0.3, 0.4) is 0 Å². The van der Waals surface area contributed by atoms with E-state index >= 15 is 0 Å². The second-order valence-corrected chi connectivity index (χ2v) is 4.23. The maximum absolute atomic E-state index is 5.84. The van der Waals surface area contributed by atoms with E-state index in [1.54, 1.807) is 6.07 Å². The number of aromatic nitrogens is 2. The standard InChI is InChI=1S/C9H6ClIN2O/c1-5-4-6(10)2-3-7(5)8-12-9(11)13-14-8/h2-4H,1H3. The molecule has 72 valence electrons. The SMILES string of the molecule is Cc1cc(Cl)ccc1-c1nc(I)no1. The van der Waals surface area contributed by atoms with E-state index in [1.807, 2.05) is 41.6 Å². The third kappa shape index (κ3) is 1.90. The van der Waals surface area contributed by atoms with Crippen LogP contribution in [0.1, 0.15) is 5.56 Å². The molecule has 0 radical (unpaired) electrons. The number of rotatable bonds is 1. The van der Waals surface area contributed by atoms with E-state index < -0.39 is 0 Å². The molecule has 0 atom stereocenters. The van der Waals surface area contributed by atoms with Crippen LogP contribution in [-0.4, -0.2) is 10.1 Å². The summed E-state index contributed by atoms with van der Waals surface area (Å²) < 4.78 is 5.66. The first-order valence-corrected chi connectivity index (χ1v) is 5.38. The molecule has 1 aromatic heterocycles. The molecular weight excluding hydrogens is 314 g/mol. The van der Waals surface area contributed by atoms with Crippen molar-refractivity contribution in [2.75, 3.05) is 0 Å². The minimum Gasteiger partial charge on any atom is -0.333 e. The second-order valence-electron chi connectivity index (χ2n) is 2.83. The van der Waals surface area contributed by atoms with Crippen LogP contribution in [0.25, 0.3) is 11.5 Å². The molecule has 1 aromatic carbocycles. The van der Waals surface area contributed by atoms with Crippen molar-refractivity contribution in [2.24, 2.45) is 0 Å². The van der Waals surface area contributed by atoms with Gasteiger partial charge in [0.1, 0.15) is 0 Å². The van der Waals surface area contributed by atoms with Crippen molar-refractivity contribution in [2.45, 2.75) is 6.92 Å². The van der Waals surface area contributed by atoms with Crippen LogP contribution in [0.4, 0.5) is 0 Å². The number of nitrogens with zero attached hydrogens (tertiary/aromatic N) is 2. The van der Waals surface area contributed by atoms with E-state index in [0.29, 0.717) is 14.7 Å². The van der Waals surface area contributed by atoms with Crippen LogP contribution in [0.5, 0.6) is 0 Å². The molecule has 0 aliphatic rings. The van der Waals surface area contributed by atoms with Crippen LogP contribution in [0.2, 0.25) is 5.02 Å². The van der Waals surface area contributed by atoms with Crippen LogP contribution in [0.15, 0.2) is 22.7 Å². The average molecular weight is 321 g/mol. The topological polar surface area (TPSA) is 38.9 Å². The summed E-state index contributed by atoms with van der Waals surface area (Å²) in [5, 5.41) is 4.43. The molecule has 0 aliphatic heterocycles. The molecule has 0 fully saturated rings. The molecule has 0 saturated carbocycles. The number of benzene rings is 1. The van der Waals surface area contributed by atoms with Gasteiger partial charge in [-0.05, 0) is 30.7 Å². The summed E-state index contributed by atoms with van der Waals surface area (Å²) in [6, 6.07) is 5.55. The van der Waals surface area contributed by atoms with Gasteiger partial charge in [-0.15, -0.1) is 0 Å². The molecule has 3 nitrogen and oxygen atoms in total. The van der Waals surface area contributed by atoms with Gasteiger partial charge < -0.3 is 4.52 Å². The third-order valence-electron chi connectivity index (χ3n) is 1.82. The first kappa shape index (κ1) is 9.92. The Morgan fingerprint density at radius 3 is 2.79 bits per heavy atom. The zero-order valence-corrected chi connectivity index (χ0v) is 10.2. The van der Waals surface area contributed by atoms with Crippen molar-refractivity contribution in [3.63, 3.8) is 0 Å². The molecule has 0 bridgehead atoms. The fourth-order valence-corrected chi connectivity index (χ4v) is 1.73. The first-order chi connectivity index (χ1) is 6.66. The van der Waals surface area contributed by atoms with Crippen LogP contribution in [-0.2, 0) is 0 Å². The van der Waals surface area contributed by atoms with Gasteiger partial charge in [-0.1, -0.05) is 16.8 Å². The number of hydrogen-bond acceptors (Lipinski definition) is 3. The third-order valence-corrected chi connectivity index (χ3v) is 2.49. The molecule has 0 aliphatic carbocycles. The summed E-state index contributed by atoms with van der Waals surface area (Å²) in [5.41, 5.74) is 1.95. The minimum absolute atomic E-state index is 0.531. The average Bonchev–Trinajstić information content (AvgIpc) is 2.51. The lowest BCUT2D eigenvalue weighted by Gasteiger charge is -1.99. The smallest absolute Gasteiger partial charge is 0.258 e. The van der Waals surface area contributed by atoms with Crippen molar-refractivity contribution < 1.29 is 4.52 Å². The molecule has 2 aromatic rings. The summed E-state index contributed by atoms with van der Waals surface area (Å²) in [6.45, 7) is 1.96. The molecule has 2 rings (SSSR count). The van der Waals surface area contributed by atoms with E-state index in [0.717, 1.165) is 11.1 Å². The Kier molecular flexibility index (Phi) is 2.73. The molecule has 0 spiro atoms. The fraction of sp³-hybridized carbons (Fsp3) is 0.111. The highest BCUT2D eigenvalue weighted by Gasteiger charge is 2.09. The molecule has 1 heterocycles. The molecule has 5 heteroatoms. The zero-order valence-electron chi connectivity index (χ0n) is 7.29. The normalized spacial score (nSPS) is 10.5. The van der Waals surface area contributed by atoms with Gasteiger partial charge >= 0.3 is 0 Å². The van der Waals surface area contributed by atoms with Crippen molar-refractivity contribution >= 4 is 34.2 Å². The molecular formula is C9H6ClIN2O. The number of halogens is 2. The fourth-order valence-electron chi connectivity index (χ4n) is 1.18. The summed E-state index contributed by atoms with van der Waals surface area (Å²) >= 11 is 7.85. The van der Waals surface area contributed by atoms with Gasteiger partial charge in [-0.3, -0.25) is 0 Å². The number of aryl methyl sites for hydroxylation is 1. The largest absolute Gasteiger partial charge is 0.333 e. The van der Waals surface area contributed by atoms with Gasteiger partial charge in [0.2, 0.25) is 3.83 Å². The lowest BCUT2D eigenvalue weighted by atomic mass is 10.1. The van der Waals surface area contributed by atoms with Gasteiger partial charge in [-0.2, -0.15) is 4.98 Å².